The molecule has 412 valence electrons. The van der Waals surface area contributed by atoms with E-state index in [1.54, 1.807) is 0 Å². The van der Waals surface area contributed by atoms with Crippen molar-refractivity contribution in [2.45, 2.75) is 290 Å². The molecule has 0 fully saturated rings. The van der Waals surface area contributed by atoms with Crippen LogP contribution in [-0.2, 0) is 28.6 Å². The van der Waals surface area contributed by atoms with Gasteiger partial charge in [-0.05, 0) is 103 Å². The number of hydrogen-bond acceptors (Lipinski definition) is 6. The third-order valence-corrected chi connectivity index (χ3v) is 12.8. The maximum Gasteiger partial charge on any atom is 0.306 e. The minimum Gasteiger partial charge on any atom is -0.462 e. The highest BCUT2D eigenvalue weighted by Gasteiger charge is 2.19. The first-order valence-electron chi connectivity index (χ1n) is 30.2. The Kier molecular flexibility index (Phi) is 56.8. The maximum absolute atomic E-state index is 12.8. The van der Waals surface area contributed by atoms with Crippen molar-refractivity contribution in [1.82, 2.24) is 0 Å². The molecule has 1 atom stereocenters. The molecule has 0 N–H and O–H groups in total. The molecular weight excluding hydrogens is 889 g/mol. The maximum atomic E-state index is 12.8. The topological polar surface area (TPSA) is 78.9 Å². The number of allylic oxidation sites excluding steroid dienone is 16. The Morgan fingerprint density at radius 2 is 0.542 bits per heavy atom. The van der Waals surface area contributed by atoms with Crippen molar-refractivity contribution < 1.29 is 28.6 Å². The minimum atomic E-state index is -0.784. The number of esters is 3. The highest BCUT2D eigenvalue weighted by Crippen LogP contribution is 2.15. The van der Waals surface area contributed by atoms with Gasteiger partial charge in [0.1, 0.15) is 13.2 Å². The normalized spacial score (nSPS) is 12.8. The van der Waals surface area contributed by atoms with E-state index >= 15 is 0 Å². The summed E-state index contributed by atoms with van der Waals surface area (Å²) in [6, 6.07) is 0. The van der Waals surface area contributed by atoms with E-state index in [4.69, 9.17) is 14.2 Å². The summed E-state index contributed by atoms with van der Waals surface area (Å²) in [5.41, 5.74) is 0. The number of carbonyl (C=O) groups is 3. The van der Waals surface area contributed by atoms with Crippen molar-refractivity contribution in [3.8, 4) is 0 Å². The molecule has 6 nitrogen and oxygen atoms in total. The monoisotopic (exact) mass is 1000 g/mol. The Morgan fingerprint density at radius 1 is 0.292 bits per heavy atom. The van der Waals surface area contributed by atoms with E-state index in [2.05, 4.69) is 118 Å². The van der Waals surface area contributed by atoms with Gasteiger partial charge in [0.2, 0.25) is 0 Å². The van der Waals surface area contributed by atoms with Crippen molar-refractivity contribution in [1.29, 1.82) is 0 Å². The Balaban J connectivity index is 4.22. The zero-order chi connectivity index (χ0) is 52.2. The van der Waals surface area contributed by atoms with E-state index in [1.165, 1.54) is 122 Å². The third-order valence-electron chi connectivity index (χ3n) is 12.8. The summed E-state index contributed by atoms with van der Waals surface area (Å²) in [6.45, 7) is 6.48. The molecule has 0 aliphatic heterocycles. The van der Waals surface area contributed by atoms with E-state index in [-0.39, 0.29) is 31.1 Å². The minimum absolute atomic E-state index is 0.0823. The average Bonchev–Trinajstić information content (AvgIpc) is 3.38. The molecule has 72 heavy (non-hydrogen) atoms. The number of ether oxygens (including phenoxy) is 3. The van der Waals surface area contributed by atoms with Crippen molar-refractivity contribution in [3.05, 3.63) is 97.2 Å². The first-order chi connectivity index (χ1) is 35.5. The molecule has 0 aromatic rings. The largest absolute Gasteiger partial charge is 0.462 e. The smallest absolute Gasteiger partial charge is 0.306 e. The van der Waals surface area contributed by atoms with Crippen LogP contribution in [0.25, 0.3) is 0 Å². The highest BCUT2D eigenvalue weighted by molar-refractivity contribution is 5.71. The summed E-state index contributed by atoms with van der Waals surface area (Å²) < 4.78 is 16.8. The summed E-state index contributed by atoms with van der Waals surface area (Å²) in [7, 11) is 0. The summed E-state index contributed by atoms with van der Waals surface area (Å²) in [6.07, 6.45) is 79.8. The second-order valence-corrected chi connectivity index (χ2v) is 19.9. The van der Waals surface area contributed by atoms with Gasteiger partial charge in [0, 0.05) is 19.3 Å². The zero-order valence-corrected chi connectivity index (χ0v) is 47.2. The fourth-order valence-electron chi connectivity index (χ4n) is 8.30. The first-order valence-corrected chi connectivity index (χ1v) is 30.2. The molecule has 0 aromatic carbocycles. The van der Waals surface area contributed by atoms with Crippen LogP contribution >= 0.6 is 0 Å². The van der Waals surface area contributed by atoms with E-state index in [0.29, 0.717) is 19.3 Å². The van der Waals surface area contributed by atoms with Gasteiger partial charge in [-0.3, -0.25) is 14.4 Å². The van der Waals surface area contributed by atoms with Crippen LogP contribution in [-0.4, -0.2) is 37.2 Å². The van der Waals surface area contributed by atoms with E-state index in [1.807, 2.05) is 0 Å². The molecule has 0 aliphatic rings. The second kappa shape index (κ2) is 59.9. The standard InChI is InChI=1S/C66H112O6/c1-4-7-10-13-16-19-21-23-25-27-28-29-30-31-32-33-34-35-36-37-38-39-41-42-44-47-50-53-56-59-65(68)71-62-63(61-70-64(67)58-55-52-49-46-18-15-12-9-6-3)72-66(69)60-57-54-51-48-45-43-40-26-24-22-20-17-14-11-8-5-2/h7,10,16,19-20,22-23,25-26,28-29,31-32,34-35,40,63H,4-6,8-9,11-15,17-18,21,24,27,30,33,36-39,41-62H2,1-3H3/b10-7-,19-16-,22-20-,25-23-,29-28-,32-31-,35-34-,40-26-. The first kappa shape index (κ1) is 68.3. The Morgan fingerprint density at radius 3 is 0.861 bits per heavy atom. The molecule has 0 aliphatic carbocycles. The summed E-state index contributed by atoms with van der Waals surface area (Å²) in [5.74, 6) is -0.898. The quantitative estimate of drug-likeness (QED) is 0.0261. The van der Waals surface area contributed by atoms with Crippen molar-refractivity contribution in [3.63, 3.8) is 0 Å². The molecular formula is C66H112O6. The van der Waals surface area contributed by atoms with Crippen LogP contribution in [0.1, 0.15) is 284 Å². The number of unbranched alkanes of at least 4 members (excludes halogenated alkanes) is 27. The third kappa shape index (κ3) is 57.2. The van der Waals surface area contributed by atoms with Gasteiger partial charge in [-0.2, -0.15) is 0 Å². The molecule has 0 radical (unpaired) electrons. The van der Waals surface area contributed by atoms with E-state index in [0.717, 1.165) is 122 Å². The molecule has 0 spiro atoms. The van der Waals surface area contributed by atoms with Crippen LogP contribution in [0.2, 0.25) is 0 Å². The van der Waals surface area contributed by atoms with Crippen LogP contribution in [0.3, 0.4) is 0 Å². The number of carbonyl (C=O) groups excluding carboxylic acids is 3. The molecule has 0 heterocycles. The van der Waals surface area contributed by atoms with Crippen LogP contribution in [0.4, 0.5) is 0 Å². The van der Waals surface area contributed by atoms with Crippen LogP contribution in [0.15, 0.2) is 97.2 Å². The molecule has 0 saturated carbocycles. The molecule has 0 bridgehead atoms. The summed E-state index contributed by atoms with van der Waals surface area (Å²) in [5, 5.41) is 0. The van der Waals surface area contributed by atoms with Gasteiger partial charge in [0.25, 0.3) is 0 Å². The highest BCUT2D eigenvalue weighted by atomic mass is 16.6. The fourth-order valence-corrected chi connectivity index (χ4v) is 8.30. The zero-order valence-electron chi connectivity index (χ0n) is 47.2. The molecule has 6 heteroatoms. The summed E-state index contributed by atoms with van der Waals surface area (Å²) in [4.78, 5) is 38.1. The number of rotatable bonds is 54. The predicted octanol–water partition coefficient (Wildman–Crippen LogP) is 20.5. The van der Waals surface area contributed by atoms with Gasteiger partial charge >= 0.3 is 17.9 Å². The lowest BCUT2D eigenvalue weighted by Gasteiger charge is -2.18. The van der Waals surface area contributed by atoms with Gasteiger partial charge < -0.3 is 14.2 Å². The van der Waals surface area contributed by atoms with E-state index < -0.39 is 6.10 Å². The average molecular weight is 1000 g/mol. The molecule has 0 rings (SSSR count). The lowest BCUT2D eigenvalue weighted by Crippen LogP contribution is -2.30. The van der Waals surface area contributed by atoms with Crippen molar-refractivity contribution >= 4 is 17.9 Å². The SMILES string of the molecule is CC/C=C\C/C=C\C/C=C\C/C=C\C/C=C\C/C=C\CCCCCCCCCCCCC(=O)OCC(COC(=O)CCCCCCCCCCC)OC(=O)CCCCCCC/C=C\C/C=C\CCCCCC. The predicted molar refractivity (Wildman–Crippen MR) is 311 cm³/mol. The Labute approximate surface area is 445 Å². The van der Waals surface area contributed by atoms with Gasteiger partial charge in [-0.1, -0.05) is 259 Å². The van der Waals surface area contributed by atoms with Crippen LogP contribution in [0, 0.1) is 0 Å². The van der Waals surface area contributed by atoms with E-state index in [9.17, 15) is 14.4 Å². The molecule has 0 amide bonds. The summed E-state index contributed by atoms with van der Waals surface area (Å²) >= 11 is 0. The Bertz CT molecular complexity index is 1430. The molecule has 0 aromatic heterocycles. The van der Waals surface area contributed by atoms with Crippen LogP contribution < -0.4 is 0 Å². The lowest BCUT2D eigenvalue weighted by atomic mass is 10.1. The molecule has 1 unspecified atom stereocenters. The Hall–Kier alpha value is -3.67. The lowest BCUT2D eigenvalue weighted by molar-refractivity contribution is -0.167. The fraction of sp³-hybridized carbons (Fsp3) is 0.712. The van der Waals surface area contributed by atoms with Gasteiger partial charge in [0.05, 0.1) is 0 Å². The second-order valence-electron chi connectivity index (χ2n) is 19.9. The van der Waals surface area contributed by atoms with Gasteiger partial charge in [-0.15, -0.1) is 0 Å². The van der Waals surface area contributed by atoms with Crippen LogP contribution in [0.5, 0.6) is 0 Å². The molecule has 0 saturated heterocycles. The van der Waals surface area contributed by atoms with Crippen molar-refractivity contribution in [2.24, 2.45) is 0 Å². The van der Waals surface area contributed by atoms with Gasteiger partial charge in [0.15, 0.2) is 6.10 Å². The van der Waals surface area contributed by atoms with Crippen molar-refractivity contribution in [2.75, 3.05) is 13.2 Å². The number of hydrogen-bond donors (Lipinski definition) is 0. The van der Waals surface area contributed by atoms with Gasteiger partial charge in [-0.25, -0.2) is 0 Å².